The maximum absolute atomic E-state index is 12.1. The fourth-order valence-corrected chi connectivity index (χ4v) is 2.58. The Morgan fingerprint density at radius 2 is 2.22 bits per heavy atom. The first-order valence-electron chi connectivity index (χ1n) is 7.58. The van der Waals surface area contributed by atoms with E-state index in [0.29, 0.717) is 5.82 Å². The third kappa shape index (κ3) is 3.21. The number of rotatable bonds is 5. The molecule has 7 heteroatoms. The number of carbonyl (C=O) groups is 1. The summed E-state index contributed by atoms with van der Waals surface area (Å²) in [6.07, 6.45) is 1.95. The van der Waals surface area contributed by atoms with Crippen LogP contribution in [0.3, 0.4) is 0 Å². The number of benzene rings is 1. The minimum Gasteiger partial charge on any atom is -0.336 e. The molecule has 0 aliphatic heterocycles. The highest BCUT2D eigenvalue weighted by molar-refractivity contribution is 5.77. The van der Waals surface area contributed by atoms with E-state index < -0.39 is 5.54 Å². The van der Waals surface area contributed by atoms with Crippen molar-refractivity contribution in [1.82, 2.24) is 25.5 Å². The van der Waals surface area contributed by atoms with Gasteiger partial charge in [-0.1, -0.05) is 24.3 Å². The van der Waals surface area contributed by atoms with Crippen LogP contribution >= 0.6 is 0 Å². The van der Waals surface area contributed by atoms with Crippen molar-refractivity contribution >= 4 is 5.91 Å². The molecule has 0 radical (unpaired) electrons. The van der Waals surface area contributed by atoms with Crippen LogP contribution in [-0.4, -0.2) is 31.7 Å². The van der Waals surface area contributed by atoms with E-state index in [1.54, 1.807) is 6.92 Å². The quantitative estimate of drug-likeness (QED) is 0.901. The molecule has 23 heavy (non-hydrogen) atoms. The lowest BCUT2D eigenvalue weighted by molar-refractivity contribution is -0.123. The molecule has 1 aliphatic carbocycles. The molecular formula is C16H18N6O. The van der Waals surface area contributed by atoms with Gasteiger partial charge in [0.05, 0.1) is 6.07 Å². The monoisotopic (exact) mass is 310 g/mol. The van der Waals surface area contributed by atoms with E-state index in [4.69, 9.17) is 0 Å². The topological polar surface area (TPSA) is 96.5 Å². The van der Waals surface area contributed by atoms with Gasteiger partial charge in [-0.2, -0.15) is 10.1 Å². The first-order chi connectivity index (χ1) is 11.0. The Labute approximate surface area is 134 Å². The minimum atomic E-state index is -0.809. The Hall–Kier alpha value is -2.75. The summed E-state index contributed by atoms with van der Waals surface area (Å²) in [7, 11) is 0. The van der Waals surface area contributed by atoms with E-state index in [9.17, 15) is 10.1 Å². The van der Waals surface area contributed by atoms with Gasteiger partial charge in [-0.15, -0.1) is 10.2 Å². The summed E-state index contributed by atoms with van der Waals surface area (Å²) < 4.78 is 0. The molecule has 3 rings (SSSR count). The molecule has 1 heterocycles. The van der Waals surface area contributed by atoms with Gasteiger partial charge in [0.25, 0.3) is 0 Å². The zero-order chi connectivity index (χ0) is 16.4. The molecule has 0 spiro atoms. The summed E-state index contributed by atoms with van der Waals surface area (Å²) in [5.41, 5.74) is 1.12. The number of carbonyl (C=O) groups excluding carboxylic acids is 1. The summed E-state index contributed by atoms with van der Waals surface area (Å²) >= 11 is 0. The number of amides is 1. The van der Waals surface area contributed by atoms with Crippen molar-refractivity contribution < 1.29 is 4.79 Å². The molecule has 1 fully saturated rings. The average molecular weight is 310 g/mol. The van der Waals surface area contributed by atoms with Gasteiger partial charge in [0.1, 0.15) is 12.1 Å². The Balaban J connectivity index is 1.69. The molecule has 0 unspecified atom stereocenters. The molecule has 1 aliphatic rings. The SMILES string of the molecule is Cc1ccccc1-c1nnn(CC(=O)N[C@@](C)(C#N)C2CC2)n1. The molecule has 1 atom stereocenters. The molecule has 1 amide bonds. The smallest absolute Gasteiger partial charge is 0.244 e. The molecule has 1 aromatic carbocycles. The average Bonchev–Trinajstić information content (AvgIpc) is 3.29. The van der Waals surface area contributed by atoms with Crippen LogP contribution < -0.4 is 5.32 Å². The first-order valence-corrected chi connectivity index (χ1v) is 7.58. The molecule has 1 saturated carbocycles. The van der Waals surface area contributed by atoms with Crippen LogP contribution in [0.2, 0.25) is 0 Å². The third-order valence-electron chi connectivity index (χ3n) is 4.15. The normalized spacial score (nSPS) is 16.4. The van der Waals surface area contributed by atoms with Crippen LogP contribution in [-0.2, 0) is 11.3 Å². The molecule has 7 nitrogen and oxygen atoms in total. The van der Waals surface area contributed by atoms with Crippen molar-refractivity contribution in [2.24, 2.45) is 5.92 Å². The number of nitriles is 1. The third-order valence-corrected chi connectivity index (χ3v) is 4.15. The predicted octanol–water partition coefficient (Wildman–Crippen LogP) is 1.46. The maximum Gasteiger partial charge on any atom is 0.244 e. The maximum atomic E-state index is 12.1. The summed E-state index contributed by atoms with van der Waals surface area (Å²) in [5, 5.41) is 24.2. The molecule has 0 saturated heterocycles. The van der Waals surface area contributed by atoms with E-state index >= 15 is 0 Å². The number of aryl methyl sites for hydroxylation is 1. The van der Waals surface area contributed by atoms with Gasteiger partial charge in [0.15, 0.2) is 0 Å². The Morgan fingerprint density at radius 1 is 1.48 bits per heavy atom. The lowest BCUT2D eigenvalue weighted by Gasteiger charge is -2.22. The second-order valence-corrected chi connectivity index (χ2v) is 6.09. The lowest BCUT2D eigenvalue weighted by Crippen LogP contribution is -2.48. The van der Waals surface area contributed by atoms with E-state index in [0.717, 1.165) is 24.0 Å². The number of nitrogens with zero attached hydrogens (tertiary/aromatic N) is 5. The summed E-state index contributed by atoms with van der Waals surface area (Å²) in [6.45, 7) is 3.68. The van der Waals surface area contributed by atoms with E-state index in [-0.39, 0.29) is 18.4 Å². The standard InChI is InChI=1S/C16H18N6O/c1-11-5-3-4-6-13(11)15-19-21-22(20-15)9-14(23)18-16(2,10-17)12-7-8-12/h3-6,12H,7-9H2,1-2H3,(H,18,23)/t16-/m0/s1. The Bertz CT molecular complexity index is 773. The first kappa shape index (κ1) is 15.2. The van der Waals surface area contributed by atoms with Crippen LogP contribution in [0.5, 0.6) is 0 Å². The molecule has 1 aromatic heterocycles. The number of hydrogen-bond donors (Lipinski definition) is 1. The van der Waals surface area contributed by atoms with Gasteiger partial charge in [0.2, 0.25) is 11.7 Å². The van der Waals surface area contributed by atoms with Crippen LogP contribution in [0.1, 0.15) is 25.3 Å². The highest BCUT2D eigenvalue weighted by Gasteiger charge is 2.43. The molecule has 1 N–H and O–H groups in total. The number of tetrazole rings is 1. The Morgan fingerprint density at radius 3 is 2.87 bits per heavy atom. The van der Waals surface area contributed by atoms with Crippen molar-refractivity contribution in [3.63, 3.8) is 0 Å². The van der Waals surface area contributed by atoms with Gasteiger partial charge in [-0.3, -0.25) is 4.79 Å². The van der Waals surface area contributed by atoms with Crippen molar-refractivity contribution in [2.75, 3.05) is 0 Å². The van der Waals surface area contributed by atoms with Crippen LogP contribution in [0.25, 0.3) is 11.4 Å². The zero-order valence-corrected chi connectivity index (χ0v) is 13.2. The van der Waals surface area contributed by atoms with Gasteiger partial charge < -0.3 is 5.32 Å². The van der Waals surface area contributed by atoms with Crippen molar-refractivity contribution in [3.05, 3.63) is 29.8 Å². The van der Waals surface area contributed by atoms with Crippen molar-refractivity contribution in [1.29, 1.82) is 5.26 Å². The van der Waals surface area contributed by atoms with Gasteiger partial charge in [-0.05, 0) is 43.4 Å². The van der Waals surface area contributed by atoms with Gasteiger partial charge >= 0.3 is 0 Å². The van der Waals surface area contributed by atoms with E-state index in [1.165, 1.54) is 4.80 Å². The largest absolute Gasteiger partial charge is 0.336 e. The molecule has 0 bridgehead atoms. The number of hydrogen-bond acceptors (Lipinski definition) is 5. The van der Waals surface area contributed by atoms with Crippen molar-refractivity contribution in [2.45, 2.75) is 38.8 Å². The highest BCUT2D eigenvalue weighted by Crippen LogP contribution is 2.39. The Kier molecular flexibility index (Phi) is 3.82. The zero-order valence-electron chi connectivity index (χ0n) is 13.2. The summed E-state index contributed by atoms with van der Waals surface area (Å²) in [4.78, 5) is 13.4. The fraction of sp³-hybridized carbons (Fsp3) is 0.438. The highest BCUT2D eigenvalue weighted by atomic mass is 16.2. The summed E-state index contributed by atoms with van der Waals surface area (Å²) in [5.74, 6) is 0.443. The van der Waals surface area contributed by atoms with E-state index in [2.05, 4.69) is 26.8 Å². The van der Waals surface area contributed by atoms with Gasteiger partial charge in [-0.25, -0.2) is 0 Å². The van der Waals surface area contributed by atoms with E-state index in [1.807, 2.05) is 31.2 Å². The summed E-state index contributed by atoms with van der Waals surface area (Å²) in [6, 6.07) is 9.93. The molecule has 118 valence electrons. The fourth-order valence-electron chi connectivity index (χ4n) is 2.58. The lowest BCUT2D eigenvalue weighted by atomic mass is 9.98. The predicted molar refractivity (Wildman–Crippen MR) is 82.9 cm³/mol. The minimum absolute atomic E-state index is 0.0527. The molecular weight excluding hydrogens is 292 g/mol. The van der Waals surface area contributed by atoms with Gasteiger partial charge in [0, 0.05) is 5.56 Å². The van der Waals surface area contributed by atoms with Crippen LogP contribution in [0.4, 0.5) is 0 Å². The second-order valence-electron chi connectivity index (χ2n) is 6.09. The van der Waals surface area contributed by atoms with Crippen molar-refractivity contribution in [3.8, 4) is 17.5 Å². The number of aromatic nitrogens is 4. The number of nitrogens with one attached hydrogen (secondary N) is 1. The second kappa shape index (κ2) is 5.80. The van der Waals surface area contributed by atoms with Crippen LogP contribution in [0, 0.1) is 24.2 Å². The van der Waals surface area contributed by atoms with Crippen LogP contribution in [0.15, 0.2) is 24.3 Å². The molecule has 2 aromatic rings.